The van der Waals surface area contributed by atoms with Crippen molar-refractivity contribution < 1.29 is 4.74 Å². The van der Waals surface area contributed by atoms with Crippen molar-refractivity contribution in [3.8, 4) is 17.3 Å². The molecule has 0 spiro atoms. The summed E-state index contributed by atoms with van der Waals surface area (Å²) < 4.78 is 8.14. The molecule has 8 heteroatoms. The molecule has 1 aliphatic heterocycles. The van der Waals surface area contributed by atoms with Gasteiger partial charge in [-0.25, -0.2) is 15.0 Å². The van der Waals surface area contributed by atoms with Crippen molar-refractivity contribution in [3.63, 3.8) is 0 Å². The summed E-state index contributed by atoms with van der Waals surface area (Å²) in [6, 6.07) is 4.18. The molecule has 0 radical (unpaired) electrons. The Balaban J connectivity index is 1.81. The highest BCUT2D eigenvalue weighted by atomic mass is 32.1. The van der Waals surface area contributed by atoms with Crippen LogP contribution in [0, 0.1) is 11.3 Å². The van der Waals surface area contributed by atoms with Gasteiger partial charge in [-0.15, -0.1) is 11.3 Å². The molecule has 0 atom stereocenters. The Morgan fingerprint density at radius 3 is 3.08 bits per heavy atom. The van der Waals surface area contributed by atoms with Gasteiger partial charge < -0.3 is 4.74 Å². The molecule has 4 heterocycles. The minimum absolute atomic E-state index is 0.361. The zero-order valence-electron chi connectivity index (χ0n) is 14.2. The molecule has 0 unspecified atom stereocenters. The van der Waals surface area contributed by atoms with Gasteiger partial charge in [0.15, 0.2) is 0 Å². The number of rotatable bonds is 5. The fourth-order valence-corrected chi connectivity index (χ4v) is 3.65. The highest BCUT2D eigenvalue weighted by Crippen LogP contribution is 2.34. The van der Waals surface area contributed by atoms with Gasteiger partial charge in [-0.05, 0) is 24.4 Å². The van der Waals surface area contributed by atoms with Gasteiger partial charge in [-0.3, -0.25) is 4.68 Å². The van der Waals surface area contributed by atoms with E-state index in [4.69, 9.17) is 10.00 Å². The van der Waals surface area contributed by atoms with Gasteiger partial charge >= 0.3 is 0 Å². The Labute approximate surface area is 154 Å². The summed E-state index contributed by atoms with van der Waals surface area (Å²) in [5.41, 5.74) is 2.88. The molecule has 4 rings (SSSR count). The van der Waals surface area contributed by atoms with Crippen LogP contribution in [0.25, 0.3) is 21.5 Å². The van der Waals surface area contributed by atoms with Gasteiger partial charge in [-0.2, -0.15) is 10.4 Å². The minimum Gasteiger partial charge on any atom is -0.376 e. The predicted octanol–water partition coefficient (Wildman–Crippen LogP) is 3.47. The number of hydrogen-bond donors (Lipinski definition) is 0. The summed E-state index contributed by atoms with van der Waals surface area (Å²) in [5.74, 6) is 0.398. The maximum Gasteiger partial charge on any atom is 0.250 e. The third kappa shape index (κ3) is 2.71. The number of aromatic nitrogens is 4. The second kappa shape index (κ2) is 6.44. The molecule has 7 nitrogen and oxygen atoms in total. The van der Waals surface area contributed by atoms with Crippen molar-refractivity contribution >= 4 is 33.2 Å². The number of fused-ring (bicyclic) bond motifs is 1. The van der Waals surface area contributed by atoms with Crippen molar-refractivity contribution in [2.75, 3.05) is 13.2 Å². The molecule has 0 bridgehead atoms. The third-order valence-corrected chi connectivity index (χ3v) is 5.27. The van der Waals surface area contributed by atoms with Crippen LogP contribution in [0.1, 0.15) is 13.3 Å². The van der Waals surface area contributed by atoms with Crippen molar-refractivity contribution in [2.45, 2.75) is 18.9 Å². The molecule has 0 amide bonds. The average Bonchev–Trinajstić information content (AvgIpc) is 3.26. The van der Waals surface area contributed by atoms with Gasteiger partial charge in [-0.1, -0.05) is 6.58 Å². The highest BCUT2D eigenvalue weighted by Gasteiger charge is 2.41. The average molecular weight is 364 g/mol. The number of thiophene rings is 1. The SMILES string of the molecule is C=CC(C)=Nc1nc(-c2cnn(C3(CC#N)COC3)c2)c2sccc2n1. The van der Waals surface area contributed by atoms with E-state index in [1.807, 2.05) is 29.2 Å². The lowest BCUT2D eigenvalue weighted by atomic mass is 9.94. The summed E-state index contributed by atoms with van der Waals surface area (Å²) in [7, 11) is 0. The van der Waals surface area contributed by atoms with E-state index in [1.54, 1.807) is 23.6 Å². The quantitative estimate of drug-likeness (QED) is 0.647. The fourth-order valence-electron chi connectivity index (χ4n) is 2.80. The van der Waals surface area contributed by atoms with Crippen LogP contribution >= 0.6 is 11.3 Å². The monoisotopic (exact) mass is 364 g/mol. The van der Waals surface area contributed by atoms with Crippen LogP contribution in [0.15, 0.2) is 41.5 Å². The lowest BCUT2D eigenvalue weighted by molar-refractivity contribution is -0.104. The Morgan fingerprint density at radius 1 is 1.54 bits per heavy atom. The smallest absolute Gasteiger partial charge is 0.250 e. The fraction of sp³-hybridized carbons (Fsp3) is 0.278. The summed E-state index contributed by atoms with van der Waals surface area (Å²) in [5, 5.41) is 15.6. The minimum atomic E-state index is -0.380. The van der Waals surface area contributed by atoms with E-state index in [-0.39, 0.29) is 5.54 Å². The van der Waals surface area contributed by atoms with Gasteiger partial charge in [0, 0.05) is 17.5 Å². The van der Waals surface area contributed by atoms with Crippen LogP contribution in [0.3, 0.4) is 0 Å². The summed E-state index contributed by atoms with van der Waals surface area (Å²) >= 11 is 1.58. The van der Waals surface area contributed by atoms with E-state index in [9.17, 15) is 0 Å². The number of nitrogens with zero attached hydrogens (tertiary/aromatic N) is 6. The molecule has 3 aromatic heterocycles. The largest absolute Gasteiger partial charge is 0.376 e. The summed E-state index contributed by atoms with van der Waals surface area (Å²) in [6.45, 7) is 6.56. The first-order valence-corrected chi connectivity index (χ1v) is 8.96. The van der Waals surface area contributed by atoms with E-state index < -0.39 is 0 Å². The first kappa shape index (κ1) is 16.6. The molecule has 0 aromatic carbocycles. The van der Waals surface area contributed by atoms with Crippen molar-refractivity contribution in [2.24, 2.45) is 4.99 Å². The van der Waals surface area contributed by atoms with Gasteiger partial charge in [0.25, 0.3) is 5.95 Å². The lowest BCUT2D eigenvalue weighted by Gasteiger charge is -2.39. The molecule has 1 saturated heterocycles. The van der Waals surface area contributed by atoms with Crippen LogP contribution in [-0.4, -0.2) is 38.7 Å². The van der Waals surface area contributed by atoms with E-state index >= 15 is 0 Å². The normalized spacial score (nSPS) is 16.2. The number of nitriles is 1. The maximum atomic E-state index is 9.12. The number of aliphatic imine (C=N–C) groups is 1. The number of allylic oxidation sites excluding steroid dienone is 1. The maximum absolute atomic E-state index is 9.12. The zero-order chi connectivity index (χ0) is 18.1. The lowest BCUT2D eigenvalue weighted by Crippen LogP contribution is -2.51. The molecule has 1 aliphatic rings. The van der Waals surface area contributed by atoms with Crippen molar-refractivity contribution in [3.05, 3.63) is 36.5 Å². The van der Waals surface area contributed by atoms with Crippen LogP contribution in [0.5, 0.6) is 0 Å². The Morgan fingerprint density at radius 2 is 2.38 bits per heavy atom. The second-order valence-corrected chi connectivity index (χ2v) is 7.11. The second-order valence-electron chi connectivity index (χ2n) is 6.19. The molecular formula is C18H16N6OS. The van der Waals surface area contributed by atoms with E-state index in [1.165, 1.54) is 0 Å². The first-order chi connectivity index (χ1) is 12.6. The molecule has 26 heavy (non-hydrogen) atoms. The zero-order valence-corrected chi connectivity index (χ0v) is 15.0. The number of hydrogen-bond acceptors (Lipinski definition) is 7. The van der Waals surface area contributed by atoms with E-state index in [0.29, 0.717) is 25.6 Å². The van der Waals surface area contributed by atoms with Crippen LogP contribution in [0.2, 0.25) is 0 Å². The van der Waals surface area contributed by atoms with Crippen molar-refractivity contribution in [1.29, 1.82) is 5.26 Å². The molecule has 0 saturated carbocycles. The summed E-state index contributed by atoms with van der Waals surface area (Å²) in [4.78, 5) is 13.5. The van der Waals surface area contributed by atoms with Crippen molar-refractivity contribution in [1.82, 2.24) is 19.7 Å². The first-order valence-electron chi connectivity index (χ1n) is 8.08. The Kier molecular flexibility index (Phi) is 4.11. The highest BCUT2D eigenvalue weighted by molar-refractivity contribution is 7.17. The topological polar surface area (TPSA) is 89.0 Å². The Hall–Kier alpha value is -2.89. The van der Waals surface area contributed by atoms with Crippen LogP contribution in [0.4, 0.5) is 5.95 Å². The Bertz CT molecular complexity index is 1050. The van der Waals surface area contributed by atoms with Gasteiger partial charge in [0.05, 0.1) is 47.8 Å². The van der Waals surface area contributed by atoms with Gasteiger partial charge in [0.2, 0.25) is 0 Å². The van der Waals surface area contributed by atoms with Gasteiger partial charge in [0.1, 0.15) is 5.54 Å². The molecule has 3 aromatic rings. The van der Waals surface area contributed by atoms with E-state index in [2.05, 4.69) is 32.7 Å². The standard InChI is InChI=1S/C18H16N6OS/c1-3-12(2)21-17-22-14-4-7-26-16(14)15(23-17)13-8-20-24(9-13)18(5-6-19)10-25-11-18/h3-4,7-9H,1,5,10-11H2,2H3. The van der Waals surface area contributed by atoms with Crippen LogP contribution in [-0.2, 0) is 10.3 Å². The molecule has 0 N–H and O–H groups in total. The third-order valence-electron chi connectivity index (χ3n) is 4.36. The molecule has 130 valence electrons. The summed E-state index contributed by atoms with van der Waals surface area (Å²) in [6.07, 6.45) is 5.73. The number of ether oxygens (including phenoxy) is 1. The molecule has 1 fully saturated rings. The van der Waals surface area contributed by atoms with Crippen LogP contribution < -0.4 is 0 Å². The molecule has 0 aliphatic carbocycles. The predicted molar refractivity (Wildman–Crippen MR) is 101 cm³/mol. The molecular weight excluding hydrogens is 348 g/mol. The van der Waals surface area contributed by atoms with E-state index in [0.717, 1.165) is 27.2 Å².